The molecular formula is C15H22N2O3S. The van der Waals surface area contributed by atoms with Gasteiger partial charge in [0.25, 0.3) is 0 Å². The summed E-state index contributed by atoms with van der Waals surface area (Å²) in [5, 5.41) is 0. The number of thiocarbonyl (C=S) groups is 1. The van der Waals surface area contributed by atoms with Crippen LogP contribution in [0.5, 0.6) is 11.5 Å². The number of benzene rings is 1. The summed E-state index contributed by atoms with van der Waals surface area (Å²) >= 11 is 4.98. The molecule has 1 aromatic rings. The van der Waals surface area contributed by atoms with Gasteiger partial charge in [-0.1, -0.05) is 24.4 Å². The van der Waals surface area contributed by atoms with Crippen LogP contribution >= 0.6 is 12.2 Å². The van der Waals surface area contributed by atoms with Crippen molar-refractivity contribution in [2.45, 2.75) is 13.0 Å². The van der Waals surface area contributed by atoms with Crippen molar-refractivity contribution in [1.29, 1.82) is 0 Å². The minimum atomic E-state index is -0.149. The molecule has 1 aliphatic heterocycles. The van der Waals surface area contributed by atoms with Crippen LogP contribution < -0.4 is 15.2 Å². The molecule has 1 aliphatic rings. The number of nitrogens with two attached hydrogens (primary N) is 1. The first kappa shape index (κ1) is 16.0. The lowest BCUT2D eigenvalue weighted by molar-refractivity contribution is 0.00295. The molecule has 1 atom stereocenters. The molecule has 1 aromatic carbocycles. The molecular weight excluding hydrogens is 288 g/mol. The minimum absolute atomic E-state index is 0.149. The molecule has 5 nitrogen and oxygen atoms in total. The van der Waals surface area contributed by atoms with Crippen LogP contribution in [-0.2, 0) is 4.74 Å². The van der Waals surface area contributed by atoms with E-state index in [2.05, 4.69) is 4.90 Å². The first-order chi connectivity index (χ1) is 10.2. The summed E-state index contributed by atoms with van der Waals surface area (Å²) in [4.78, 5) is 2.67. The van der Waals surface area contributed by atoms with E-state index in [1.165, 1.54) is 0 Å². The highest BCUT2D eigenvalue weighted by molar-refractivity contribution is 7.80. The Morgan fingerprint density at radius 3 is 2.76 bits per heavy atom. The predicted octanol–water partition coefficient (Wildman–Crippen LogP) is 1.45. The van der Waals surface area contributed by atoms with E-state index in [1.807, 2.05) is 31.2 Å². The van der Waals surface area contributed by atoms with E-state index in [9.17, 15) is 0 Å². The summed E-state index contributed by atoms with van der Waals surface area (Å²) in [5.41, 5.74) is 5.63. The number of hydrogen-bond acceptors (Lipinski definition) is 5. The number of ether oxygens (including phenoxy) is 3. The molecule has 0 aliphatic carbocycles. The smallest absolute Gasteiger partial charge is 0.161 e. The Hall–Kier alpha value is -1.37. The molecule has 0 radical (unpaired) electrons. The second-order valence-electron chi connectivity index (χ2n) is 4.79. The lowest BCUT2D eigenvalue weighted by Gasteiger charge is -2.32. The van der Waals surface area contributed by atoms with Crippen molar-refractivity contribution >= 4 is 17.2 Å². The Kier molecular flexibility index (Phi) is 6.22. The average Bonchev–Trinajstić information content (AvgIpc) is 2.49. The topological polar surface area (TPSA) is 57.0 Å². The van der Waals surface area contributed by atoms with Gasteiger partial charge in [0.2, 0.25) is 0 Å². The van der Waals surface area contributed by atoms with Crippen LogP contribution in [0.4, 0.5) is 0 Å². The van der Waals surface area contributed by atoms with Crippen molar-refractivity contribution in [2.75, 3.05) is 39.5 Å². The van der Waals surface area contributed by atoms with Crippen molar-refractivity contribution in [3.8, 4) is 11.5 Å². The van der Waals surface area contributed by atoms with Crippen molar-refractivity contribution in [2.24, 2.45) is 5.73 Å². The highest BCUT2D eigenvalue weighted by atomic mass is 32.1. The summed E-state index contributed by atoms with van der Waals surface area (Å²) in [5.74, 6) is 1.56. The summed E-state index contributed by atoms with van der Waals surface area (Å²) in [6, 6.07) is 7.71. The Morgan fingerprint density at radius 1 is 1.38 bits per heavy atom. The maximum Gasteiger partial charge on any atom is 0.161 e. The monoisotopic (exact) mass is 310 g/mol. The maximum absolute atomic E-state index is 5.82. The van der Waals surface area contributed by atoms with E-state index in [0.717, 1.165) is 31.1 Å². The molecule has 1 saturated heterocycles. The molecule has 2 N–H and O–H groups in total. The first-order valence-corrected chi connectivity index (χ1v) is 7.59. The molecule has 1 fully saturated rings. The molecule has 1 unspecified atom stereocenters. The van der Waals surface area contributed by atoms with E-state index in [1.54, 1.807) is 0 Å². The van der Waals surface area contributed by atoms with Crippen molar-refractivity contribution in [3.05, 3.63) is 24.3 Å². The quantitative estimate of drug-likeness (QED) is 0.769. The fourth-order valence-corrected chi connectivity index (χ4v) is 2.35. The fraction of sp³-hybridized carbons (Fsp3) is 0.533. The number of morpholine rings is 1. The minimum Gasteiger partial charge on any atom is -0.490 e. The van der Waals surface area contributed by atoms with Gasteiger partial charge < -0.3 is 19.9 Å². The summed E-state index contributed by atoms with van der Waals surface area (Å²) < 4.78 is 16.9. The number of nitrogens with zero attached hydrogens (tertiary/aromatic N) is 1. The summed E-state index contributed by atoms with van der Waals surface area (Å²) in [6.07, 6.45) is -0.149. The lowest BCUT2D eigenvalue weighted by Crippen LogP contribution is -2.48. The molecule has 0 amide bonds. The van der Waals surface area contributed by atoms with Crippen LogP contribution in [-0.4, -0.2) is 55.4 Å². The molecule has 21 heavy (non-hydrogen) atoms. The standard InChI is InChI=1S/C15H22N2O3S/c1-2-18-12-5-3-4-6-13(12)19-9-7-17-8-10-20-14(11-17)15(16)21/h3-6,14H,2,7-11H2,1H3,(H2,16,21). The zero-order chi connectivity index (χ0) is 15.1. The van der Waals surface area contributed by atoms with Gasteiger partial charge in [-0.05, 0) is 19.1 Å². The molecule has 1 heterocycles. The third-order valence-electron chi connectivity index (χ3n) is 3.28. The van der Waals surface area contributed by atoms with Crippen LogP contribution in [0.15, 0.2) is 24.3 Å². The zero-order valence-electron chi connectivity index (χ0n) is 12.3. The van der Waals surface area contributed by atoms with E-state index in [4.69, 9.17) is 32.2 Å². The van der Waals surface area contributed by atoms with Crippen LogP contribution in [0.3, 0.4) is 0 Å². The largest absolute Gasteiger partial charge is 0.490 e. The second kappa shape index (κ2) is 8.17. The van der Waals surface area contributed by atoms with E-state index in [-0.39, 0.29) is 6.10 Å². The van der Waals surface area contributed by atoms with Gasteiger partial charge in [-0.25, -0.2) is 0 Å². The van der Waals surface area contributed by atoms with Crippen LogP contribution in [0, 0.1) is 0 Å². The lowest BCUT2D eigenvalue weighted by atomic mass is 10.2. The molecule has 0 aromatic heterocycles. The Balaban J connectivity index is 1.80. The van der Waals surface area contributed by atoms with Crippen molar-refractivity contribution in [1.82, 2.24) is 4.90 Å². The third kappa shape index (κ3) is 4.84. The normalized spacial score (nSPS) is 19.2. The number of hydrogen-bond donors (Lipinski definition) is 1. The van der Waals surface area contributed by atoms with E-state index >= 15 is 0 Å². The van der Waals surface area contributed by atoms with Crippen LogP contribution in [0.25, 0.3) is 0 Å². The molecule has 116 valence electrons. The fourth-order valence-electron chi connectivity index (χ4n) is 2.21. The van der Waals surface area contributed by atoms with Gasteiger partial charge in [-0.2, -0.15) is 0 Å². The van der Waals surface area contributed by atoms with Crippen molar-refractivity contribution < 1.29 is 14.2 Å². The van der Waals surface area contributed by atoms with Crippen LogP contribution in [0.2, 0.25) is 0 Å². The number of para-hydroxylation sites is 2. The number of rotatable bonds is 7. The van der Waals surface area contributed by atoms with Gasteiger partial charge in [0.15, 0.2) is 11.5 Å². The maximum atomic E-state index is 5.82. The Bertz CT molecular complexity index is 470. The highest BCUT2D eigenvalue weighted by Crippen LogP contribution is 2.26. The van der Waals surface area contributed by atoms with E-state index in [0.29, 0.717) is 24.8 Å². The first-order valence-electron chi connectivity index (χ1n) is 7.18. The molecule has 0 saturated carbocycles. The van der Waals surface area contributed by atoms with Gasteiger partial charge in [-0.15, -0.1) is 0 Å². The van der Waals surface area contributed by atoms with Gasteiger partial charge in [0, 0.05) is 19.6 Å². The SMILES string of the molecule is CCOc1ccccc1OCCN1CCOC(C(N)=S)C1. The van der Waals surface area contributed by atoms with Gasteiger partial charge >= 0.3 is 0 Å². The van der Waals surface area contributed by atoms with Crippen molar-refractivity contribution in [3.63, 3.8) is 0 Å². The summed E-state index contributed by atoms with van der Waals surface area (Å²) in [7, 11) is 0. The predicted molar refractivity (Wildman–Crippen MR) is 86.1 cm³/mol. The third-order valence-corrected chi connectivity index (χ3v) is 3.54. The summed E-state index contributed by atoms with van der Waals surface area (Å²) in [6.45, 7) is 6.23. The van der Waals surface area contributed by atoms with Crippen LogP contribution in [0.1, 0.15) is 6.92 Å². The Labute approximate surface area is 131 Å². The second-order valence-corrected chi connectivity index (χ2v) is 5.26. The van der Waals surface area contributed by atoms with Gasteiger partial charge in [0.1, 0.15) is 17.7 Å². The van der Waals surface area contributed by atoms with E-state index < -0.39 is 0 Å². The molecule has 2 rings (SSSR count). The molecule has 0 spiro atoms. The van der Waals surface area contributed by atoms with Gasteiger partial charge in [0.05, 0.1) is 13.2 Å². The Morgan fingerprint density at radius 2 is 2.10 bits per heavy atom. The average molecular weight is 310 g/mol. The van der Waals surface area contributed by atoms with Gasteiger partial charge in [-0.3, -0.25) is 4.90 Å². The highest BCUT2D eigenvalue weighted by Gasteiger charge is 2.22. The zero-order valence-corrected chi connectivity index (χ0v) is 13.1. The molecule has 6 heteroatoms. The molecule has 0 bridgehead atoms.